The Morgan fingerprint density at radius 2 is 2.05 bits per heavy atom. The molecule has 0 spiro atoms. The maximum absolute atomic E-state index is 11.2. The monoisotopic (exact) mass is 278 g/mol. The zero-order valence-corrected chi connectivity index (χ0v) is 12.0. The molecule has 2 N–H and O–H groups in total. The topological polar surface area (TPSA) is 59.6 Å². The van der Waals surface area contributed by atoms with Crippen molar-refractivity contribution in [3.63, 3.8) is 0 Å². The van der Waals surface area contributed by atoms with Gasteiger partial charge in [-0.1, -0.05) is 6.07 Å². The van der Waals surface area contributed by atoms with Crippen LogP contribution in [0.3, 0.4) is 0 Å². The van der Waals surface area contributed by atoms with E-state index in [1.54, 1.807) is 0 Å². The Balaban J connectivity index is 1.94. The number of methoxy groups -OCH3 is 1. The van der Waals surface area contributed by atoms with E-state index >= 15 is 0 Å². The third-order valence-electron chi connectivity index (χ3n) is 3.66. The van der Waals surface area contributed by atoms with E-state index in [1.165, 1.54) is 7.11 Å². The van der Waals surface area contributed by atoms with Gasteiger partial charge in [0.1, 0.15) is 0 Å². The largest absolute Gasteiger partial charge is 0.453 e. The quantitative estimate of drug-likeness (QED) is 0.888. The highest BCUT2D eigenvalue weighted by molar-refractivity contribution is 5.85. The van der Waals surface area contributed by atoms with Crippen LogP contribution >= 0.6 is 0 Å². The summed E-state index contributed by atoms with van der Waals surface area (Å²) in [4.78, 5) is 11.2. The molecule has 0 aliphatic carbocycles. The molecular formula is C15H22N2O3. The molecule has 1 heterocycles. The molecule has 110 valence electrons. The van der Waals surface area contributed by atoms with Gasteiger partial charge in [0.25, 0.3) is 0 Å². The fraction of sp³-hybridized carbons (Fsp3) is 0.533. The molecular weight excluding hydrogens is 256 g/mol. The lowest BCUT2D eigenvalue weighted by Gasteiger charge is -2.29. The van der Waals surface area contributed by atoms with Crippen molar-refractivity contribution in [1.82, 2.24) is 0 Å². The molecule has 0 aromatic heterocycles. The average Bonchev–Trinajstić information content (AvgIpc) is 2.48. The number of carbonyl (C=O) groups is 1. The molecule has 0 unspecified atom stereocenters. The fourth-order valence-corrected chi connectivity index (χ4v) is 2.45. The molecule has 5 nitrogen and oxygen atoms in total. The van der Waals surface area contributed by atoms with Crippen molar-refractivity contribution in [3.05, 3.63) is 24.3 Å². The van der Waals surface area contributed by atoms with Gasteiger partial charge in [0, 0.05) is 30.6 Å². The summed E-state index contributed by atoms with van der Waals surface area (Å²) in [7, 11) is 1.35. The smallest absolute Gasteiger partial charge is 0.411 e. The van der Waals surface area contributed by atoms with Gasteiger partial charge in [0.15, 0.2) is 0 Å². The third kappa shape index (κ3) is 4.13. The molecule has 0 radical (unpaired) electrons. The second kappa shape index (κ2) is 7.14. The first kappa shape index (κ1) is 14.7. The van der Waals surface area contributed by atoms with E-state index in [9.17, 15) is 4.79 Å². The minimum absolute atomic E-state index is 0.382. The van der Waals surface area contributed by atoms with E-state index in [1.807, 2.05) is 24.3 Å². The summed E-state index contributed by atoms with van der Waals surface area (Å²) in [5, 5.41) is 6.16. The maximum atomic E-state index is 11.2. The molecule has 1 aliphatic rings. The lowest BCUT2D eigenvalue weighted by Crippen LogP contribution is -2.30. The molecule has 0 saturated carbocycles. The average molecular weight is 278 g/mol. The Kier molecular flexibility index (Phi) is 5.24. The first-order chi connectivity index (χ1) is 9.69. The van der Waals surface area contributed by atoms with Crippen LogP contribution in [0.25, 0.3) is 0 Å². The standard InChI is InChI=1S/C15H22N2O3/c1-11(12-6-8-20-9-7-12)16-13-4-3-5-14(10-13)17-15(18)19-2/h3-5,10-12,16H,6-9H2,1-2H3,(H,17,18)/t11-/m0/s1. The van der Waals surface area contributed by atoms with Crippen molar-refractivity contribution in [2.75, 3.05) is 31.0 Å². The number of ether oxygens (including phenoxy) is 2. The van der Waals surface area contributed by atoms with Crippen LogP contribution in [0.1, 0.15) is 19.8 Å². The Hall–Kier alpha value is -1.75. The van der Waals surface area contributed by atoms with Crippen molar-refractivity contribution in [2.24, 2.45) is 5.92 Å². The van der Waals surface area contributed by atoms with Crippen molar-refractivity contribution >= 4 is 17.5 Å². The number of benzene rings is 1. The highest BCUT2D eigenvalue weighted by atomic mass is 16.5. The summed E-state index contributed by atoms with van der Waals surface area (Å²) in [5.41, 5.74) is 1.72. The zero-order valence-electron chi connectivity index (χ0n) is 12.0. The van der Waals surface area contributed by atoms with Gasteiger partial charge in [-0.05, 0) is 43.9 Å². The van der Waals surface area contributed by atoms with Crippen LogP contribution in [0.5, 0.6) is 0 Å². The molecule has 5 heteroatoms. The first-order valence-electron chi connectivity index (χ1n) is 6.98. The van der Waals surface area contributed by atoms with Crippen molar-refractivity contribution < 1.29 is 14.3 Å². The van der Waals surface area contributed by atoms with E-state index in [-0.39, 0.29) is 0 Å². The number of hydrogen-bond donors (Lipinski definition) is 2. The van der Waals surface area contributed by atoms with Crippen molar-refractivity contribution in [1.29, 1.82) is 0 Å². The van der Waals surface area contributed by atoms with Crippen LogP contribution in [0.15, 0.2) is 24.3 Å². The van der Waals surface area contributed by atoms with Crippen LogP contribution < -0.4 is 10.6 Å². The summed E-state index contributed by atoms with van der Waals surface area (Å²) < 4.78 is 9.97. The molecule has 1 aromatic rings. The highest BCUT2D eigenvalue weighted by Crippen LogP contribution is 2.23. The van der Waals surface area contributed by atoms with Crippen LogP contribution in [0.2, 0.25) is 0 Å². The van der Waals surface area contributed by atoms with E-state index in [0.29, 0.717) is 12.0 Å². The Morgan fingerprint density at radius 3 is 2.75 bits per heavy atom. The second-order valence-corrected chi connectivity index (χ2v) is 5.08. The predicted molar refractivity (Wildman–Crippen MR) is 79.1 cm³/mol. The first-order valence-corrected chi connectivity index (χ1v) is 6.98. The van der Waals surface area contributed by atoms with Crippen LogP contribution in [-0.4, -0.2) is 32.5 Å². The van der Waals surface area contributed by atoms with E-state index in [0.717, 1.165) is 37.4 Å². The molecule has 1 aliphatic heterocycles. The molecule has 1 fully saturated rings. The third-order valence-corrected chi connectivity index (χ3v) is 3.66. The summed E-state index contributed by atoms with van der Waals surface area (Å²) in [5.74, 6) is 0.626. The van der Waals surface area contributed by atoms with Crippen molar-refractivity contribution in [3.8, 4) is 0 Å². The predicted octanol–water partition coefficient (Wildman–Crippen LogP) is 3.09. The second-order valence-electron chi connectivity index (χ2n) is 5.08. The van der Waals surface area contributed by atoms with Crippen LogP contribution in [-0.2, 0) is 9.47 Å². The van der Waals surface area contributed by atoms with Gasteiger partial charge in [-0.15, -0.1) is 0 Å². The van der Waals surface area contributed by atoms with E-state index < -0.39 is 6.09 Å². The molecule has 0 bridgehead atoms. The van der Waals surface area contributed by atoms with Crippen molar-refractivity contribution in [2.45, 2.75) is 25.8 Å². The molecule has 1 aromatic carbocycles. The molecule has 1 saturated heterocycles. The molecule has 2 rings (SSSR count). The van der Waals surface area contributed by atoms with Gasteiger partial charge in [0.05, 0.1) is 7.11 Å². The minimum Gasteiger partial charge on any atom is -0.453 e. The van der Waals surface area contributed by atoms with Gasteiger partial charge in [-0.3, -0.25) is 5.32 Å². The Labute approximate surface area is 119 Å². The molecule has 20 heavy (non-hydrogen) atoms. The minimum atomic E-state index is -0.459. The number of anilines is 2. The fourth-order valence-electron chi connectivity index (χ4n) is 2.45. The lowest BCUT2D eigenvalue weighted by molar-refractivity contribution is 0.0622. The molecule has 1 atom stereocenters. The van der Waals surface area contributed by atoms with Gasteiger partial charge in [0.2, 0.25) is 0 Å². The van der Waals surface area contributed by atoms with Gasteiger partial charge >= 0.3 is 6.09 Å². The highest BCUT2D eigenvalue weighted by Gasteiger charge is 2.20. The van der Waals surface area contributed by atoms with E-state index in [2.05, 4.69) is 22.3 Å². The van der Waals surface area contributed by atoms with Gasteiger partial charge < -0.3 is 14.8 Å². The Morgan fingerprint density at radius 1 is 1.35 bits per heavy atom. The number of carbonyl (C=O) groups excluding carboxylic acids is 1. The van der Waals surface area contributed by atoms with Crippen LogP contribution in [0, 0.1) is 5.92 Å². The van der Waals surface area contributed by atoms with Gasteiger partial charge in [-0.2, -0.15) is 0 Å². The zero-order chi connectivity index (χ0) is 14.4. The summed E-state index contributed by atoms with van der Waals surface area (Å²) in [6.07, 6.45) is 1.72. The number of amides is 1. The number of nitrogens with one attached hydrogen (secondary N) is 2. The summed E-state index contributed by atoms with van der Waals surface area (Å²) in [6, 6.07) is 8.03. The number of rotatable bonds is 4. The summed E-state index contributed by atoms with van der Waals surface area (Å²) >= 11 is 0. The SMILES string of the molecule is COC(=O)Nc1cccc(N[C@@H](C)C2CCOCC2)c1. The van der Waals surface area contributed by atoms with Gasteiger partial charge in [-0.25, -0.2) is 4.79 Å². The lowest BCUT2D eigenvalue weighted by atomic mass is 9.93. The maximum Gasteiger partial charge on any atom is 0.411 e. The normalized spacial score (nSPS) is 17.3. The van der Waals surface area contributed by atoms with E-state index in [4.69, 9.17) is 4.74 Å². The van der Waals surface area contributed by atoms with Crippen LogP contribution in [0.4, 0.5) is 16.2 Å². The summed E-state index contributed by atoms with van der Waals surface area (Å²) in [6.45, 7) is 3.89. The molecule has 1 amide bonds. The Bertz CT molecular complexity index is 444. The number of hydrogen-bond acceptors (Lipinski definition) is 4.